The molecule has 5 heteroatoms. The van der Waals surface area contributed by atoms with Crippen molar-refractivity contribution in [3.8, 4) is 0 Å². The van der Waals surface area contributed by atoms with Gasteiger partial charge in [0.25, 0.3) is 0 Å². The molecule has 2 rings (SSSR count). The van der Waals surface area contributed by atoms with Crippen LogP contribution in [0, 0.1) is 17.3 Å². The van der Waals surface area contributed by atoms with Crippen LogP contribution in [0.15, 0.2) is 0 Å². The zero-order valence-electron chi connectivity index (χ0n) is 11.2. The summed E-state index contributed by atoms with van der Waals surface area (Å²) in [5, 5.41) is 9.11. The Balaban J connectivity index is 2.02. The van der Waals surface area contributed by atoms with Gasteiger partial charge >= 0.3 is 5.97 Å². The Bertz CT molecular complexity index is 366. The molecule has 102 valence electrons. The maximum absolute atomic E-state index is 12.4. The molecule has 0 radical (unpaired) electrons. The Morgan fingerprint density at radius 3 is 2.50 bits per heavy atom. The summed E-state index contributed by atoms with van der Waals surface area (Å²) >= 11 is 0. The van der Waals surface area contributed by atoms with Gasteiger partial charge < -0.3 is 14.7 Å². The molecule has 1 aliphatic carbocycles. The summed E-state index contributed by atoms with van der Waals surface area (Å²) in [5.74, 6) is -1.79. The lowest BCUT2D eigenvalue weighted by Crippen LogP contribution is -2.44. The highest BCUT2D eigenvalue weighted by Crippen LogP contribution is 2.59. The molecule has 2 fully saturated rings. The van der Waals surface area contributed by atoms with Crippen molar-refractivity contribution in [1.29, 1.82) is 0 Å². The predicted molar refractivity (Wildman–Crippen MR) is 65.0 cm³/mol. The summed E-state index contributed by atoms with van der Waals surface area (Å²) in [6.07, 6.45) is 1.99. The third-order valence-corrected chi connectivity index (χ3v) is 4.38. The highest BCUT2D eigenvalue weighted by molar-refractivity contribution is 5.91. The van der Waals surface area contributed by atoms with Crippen molar-refractivity contribution in [2.75, 3.05) is 20.2 Å². The van der Waals surface area contributed by atoms with Crippen molar-refractivity contribution in [3.63, 3.8) is 0 Å². The second kappa shape index (κ2) is 4.53. The number of hydrogen-bond donors (Lipinski definition) is 1. The number of aliphatic carboxylic acids is 1. The van der Waals surface area contributed by atoms with E-state index < -0.39 is 17.3 Å². The Kier molecular flexibility index (Phi) is 3.36. The van der Waals surface area contributed by atoms with Crippen LogP contribution in [0.5, 0.6) is 0 Å². The Morgan fingerprint density at radius 2 is 2.00 bits per heavy atom. The van der Waals surface area contributed by atoms with Gasteiger partial charge in [0.2, 0.25) is 5.91 Å². The number of nitrogens with zero attached hydrogens (tertiary/aromatic N) is 1. The minimum Gasteiger partial charge on any atom is -0.481 e. The molecule has 18 heavy (non-hydrogen) atoms. The van der Waals surface area contributed by atoms with E-state index in [4.69, 9.17) is 9.84 Å². The number of carboxylic acids is 1. The first-order chi connectivity index (χ1) is 8.39. The van der Waals surface area contributed by atoms with Gasteiger partial charge in [-0.05, 0) is 18.3 Å². The molecule has 1 saturated heterocycles. The molecule has 5 nitrogen and oxygen atoms in total. The van der Waals surface area contributed by atoms with Gasteiger partial charge in [-0.3, -0.25) is 9.59 Å². The van der Waals surface area contributed by atoms with Crippen molar-refractivity contribution < 1.29 is 19.4 Å². The molecule has 1 N–H and O–H groups in total. The van der Waals surface area contributed by atoms with E-state index in [9.17, 15) is 9.59 Å². The van der Waals surface area contributed by atoms with Gasteiger partial charge in [-0.25, -0.2) is 0 Å². The molecule has 1 amide bonds. The minimum absolute atomic E-state index is 0.0193. The van der Waals surface area contributed by atoms with E-state index in [1.165, 1.54) is 0 Å². The number of carbonyl (C=O) groups excluding carboxylic acids is 1. The zero-order valence-corrected chi connectivity index (χ0v) is 11.2. The zero-order chi connectivity index (χ0) is 13.5. The molecule has 3 unspecified atom stereocenters. The lowest BCUT2D eigenvalue weighted by atomic mass is 10.1. The third-order valence-electron chi connectivity index (χ3n) is 4.38. The molecule has 0 aromatic rings. The maximum Gasteiger partial charge on any atom is 0.307 e. The van der Waals surface area contributed by atoms with Gasteiger partial charge in [-0.1, -0.05) is 13.8 Å². The van der Waals surface area contributed by atoms with Gasteiger partial charge in [0.05, 0.1) is 17.9 Å². The fourth-order valence-electron chi connectivity index (χ4n) is 3.09. The fraction of sp³-hybridized carbons (Fsp3) is 0.846. The Hall–Kier alpha value is -1.10. The van der Waals surface area contributed by atoms with Crippen LogP contribution < -0.4 is 0 Å². The summed E-state index contributed by atoms with van der Waals surface area (Å²) in [6.45, 7) is 5.02. The summed E-state index contributed by atoms with van der Waals surface area (Å²) in [7, 11) is 1.65. The van der Waals surface area contributed by atoms with Crippen molar-refractivity contribution >= 4 is 11.9 Å². The molecular weight excluding hydrogens is 234 g/mol. The molecule has 0 spiro atoms. The number of amides is 1. The van der Waals surface area contributed by atoms with Crippen LogP contribution in [0.4, 0.5) is 0 Å². The smallest absolute Gasteiger partial charge is 0.307 e. The van der Waals surface area contributed by atoms with Crippen LogP contribution in [-0.2, 0) is 14.3 Å². The number of methoxy groups -OCH3 is 1. The van der Waals surface area contributed by atoms with Crippen LogP contribution in [-0.4, -0.2) is 48.2 Å². The molecule has 1 saturated carbocycles. The van der Waals surface area contributed by atoms with Gasteiger partial charge in [0.15, 0.2) is 0 Å². The average Bonchev–Trinajstić information content (AvgIpc) is 2.91. The van der Waals surface area contributed by atoms with E-state index in [1.54, 1.807) is 12.0 Å². The first-order valence-electron chi connectivity index (χ1n) is 6.44. The van der Waals surface area contributed by atoms with Gasteiger partial charge in [0, 0.05) is 20.2 Å². The van der Waals surface area contributed by atoms with Crippen LogP contribution >= 0.6 is 0 Å². The molecule has 3 atom stereocenters. The highest BCUT2D eigenvalue weighted by atomic mass is 16.5. The maximum atomic E-state index is 12.4. The Morgan fingerprint density at radius 1 is 1.33 bits per heavy atom. The van der Waals surface area contributed by atoms with Crippen molar-refractivity contribution in [2.45, 2.75) is 32.8 Å². The molecule has 0 aromatic heterocycles. The van der Waals surface area contributed by atoms with Crippen molar-refractivity contribution in [1.82, 2.24) is 4.90 Å². The van der Waals surface area contributed by atoms with E-state index in [2.05, 4.69) is 0 Å². The number of rotatable bonds is 3. The van der Waals surface area contributed by atoms with E-state index >= 15 is 0 Å². The molecule has 0 bridgehead atoms. The average molecular weight is 255 g/mol. The summed E-state index contributed by atoms with van der Waals surface area (Å²) in [4.78, 5) is 25.2. The van der Waals surface area contributed by atoms with Gasteiger partial charge in [-0.2, -0.15) is 0 Å². The number of carboxylic acid groups (broad SMARTS) is 1. The standard InChI is InChI=1S/C13H21NO4/c1-13(2)9(10(13)12(16)17)11(15)14-6-4-5-8(7-14)18-3/h8-10H,4-7H2,1-3H3,(H,16,17). The molecule has 2 aliphatic rings. The third kappa shape index (κ3) is 2.11. The van der Waals surface area contributed by atoms with Gasteiger partial charge in [-0.15, -0.1) is 0 Å². The fourth-order valence-corrected chi connectivity index (χ4v) is 3.09. The lowest BCUT2D eigenvalue weighted by Gasteiger charge is -2.32. The first kappa shape index (κ1) is 13.3. The topological polar surface area (TPSA) is 66.8 Å². The quantitative estimate of drug-likeness (QED) is 0.816. The highest BCUT2D eigenvalue weighted by Gasteiger charge is 2.66. The SMILES string of the molecule is COC1CCCN(C(=O)C2C(C(=O)O)C2(C)C)C1. The normalized spacial score (nSPS) is 34.2. The number of likely N-dealkylation sites (tertiary alicyclic amines) is 1. The minimum atomic E-state index is -0.862. The second-order valence-corrected chi connectivity index (χ2v) is 5.90. The Labute approximate surface area is 107 Å². The van der Waals surface area contributed by atoms with Crippen molar-refractivity contribution in [2.24, 2.45) is 17.3 Å². The molecule has 1 heterocycles. The summed E-state index contributed by atoms with van der Waals surface area (Å²) in [5.41, 5.74) is -0.414. The van der Waals surface area contributed by atoms with Crippen LogP contribution in [0.1, 0.15) is 26.7 Å². The van der Waals surface area contributed by atoms with Crippen LogP contribution in [0.2, 0.25) is 0 Å². The number of ether oxygens (including phenoxy) is 1. The lowest BCUT2D eigenvalue weighted by molar-refractivity contribution is -0.143. The van der Waals surface area contributed by atoms with E-state index in [0.29, 0.717) is 6.54 Å². The van der Waals surface area contributed by atoms with Gasteiger partial charge in [0.1, 0.15) is 0 Å². The van der Waals surface area contributed by atoms with E-state index in [1.807, 2.05) is 13.8 Å². The first-order valence-corrected chi connectivity index (χ1v) is 6.44. The number of carbonyl (C=O) groups is 2. The predicted octanol–water partition coefficient (Wildman–Crippen LogP) is 0.981. The van der Waals surface area contributed by atoms with Crippen LogP contribution in [0.25, 0.3) is 0 Å². The van der Waals surface area contributed by atoms with E-state index in [-0.39, 0.29) is 17.9 Å². The molecule has 1 aliphatic heterocycles. The second-order valence-electron chi connectivity index (χ2n) is 5.90. The summed E-state index contributed by atoms with van der Waals surface area (Å²) < 4.78 is 5.29. The number of hydrogen-bond acceptors (Lipinski definition) is 3. The summed E-state index contributed by atoms with van der Waals surface area (Å²) in [6, 6.07) is 0. The van der Waals surface area contributed by atoms with E-state index in [0.717, 1.165) is 19.4 Å². The number of piperidine rings is 1. The molecular formula is C13H21NO4. The molecule has 0 aromatic carbocycles. The van der Waals surface area contributed by atoms with Crippen LogP contribution in [0.3, 0.4) is 0 Å². The van der Waals surface area contributed by atoms with Crippen molar-refractivity contribution in [3.05, 3.63) is 0 Å². The monoisotopic (exact) mass is 255 g/mol. The largest absolute Gasteiger partial charge is 0.481 e.